The summed E-state index contributed by atoms with van der Waals surface area (Å²) in [6.07, 6.45) is 1.49. The number of halogens is 1. The summed E-state index contributed by atoms with van der Waals surface area (Å²) >= 11 is 1.48. The number of rotatable bonds is 3. The van der Waals surface area contributed by atoms with Crippen LogP contribution in [0, 0.1) is 23.1 Å². The summed E-state index contributed by atoms with van der Waals surface area (Å²) < 4.78 is 16.1. The molecule has 3 heterocycles. The lowest BCUT2D eigenvalue weighted by Gasteiger charge is -2.25. The number of fused-ring (bicyclic) bond motifs is 1. The quantitative estimate of drug-likeness (QED) is 0.815. The monoisotopic (exact) mass is 387 g/mol. The molecule has 0 saturated carbocycles. The van der Waals surface area contributed by atoms with E-state index in [1.54, 1.807) is 4.57 Å². The van der Waals surface area contributed by atoms with Crippen molar-refractivity contribution in [3.63, 3.8) is 0 Å². The van der Waals surface area contributed by atoms with Crippen LogP contribution < -0.4 is 10.9 Å². The van der Waals surface area contributed by atoms with Crippen molar-refractivity contribution in [2.24, 2.45) is 5.92 Å². The number of nitrogens with one attached hydrogen (secondary N) is 1. The molecule has 0 saturated heterocycles. The van der Waals surface area contributed by atoms with Gasteiger partial charge in [0.25, 0.3) is 5.56 Å². The summed E-state index contributed by atoms with van der Waals surface area (Å²) in [7, 11) is 1.87. The van der Waals surface area contributed by atoms with Crippen molar-refractivity contribution in [2.45, 2.75) is 37.9 Å². The van der Waals surface area contributed by atoms with Gasteiger partial charge < -0.3 is 5.32 Å². The smallest absolute Gasteiger partial charge is 0.272 e. The highest BCUT2D eigenvalue weighted by Gasteiger charge is 2.26. The van der Waals surface area contributed by atoms with Gasteiger partial charge in [-0.1, -0.05) is 32.5 Å². The number of hydrogen-bond acceptors (Lipinski definition) is 6. The second-order valence-corrected chi connectivity index (χ2v) is 8.67. The number of aromatic nitrogens is 3. The molecule has 2 aromatic heterocycles. The van der Waals surface area contributed by atoms with Gasteiger partial charge >= 0.3 is 0 Å². The van der Waals surface area contributed by atoms with Crippen molar-refractivity contribution in [3.05, 3.63) is 39.7 Å². The fourth-order valence-corrected chi connectivity index (χ4v) is 4.23. The number of pyridine rings is 1. The largest absolute Gasteiger partial charge is 0.319 e. The van der Waals surface area contributed by atoms with Gasteiger partial charge in [0.15, 0.2) is 5.16 Å². The summed E-state index contributed by atoms with van der Waals surface area (Å²) in [6.45, 7) is 6.92. The maximum Gasteiger partial charge on any atom is 0.272 e. The van der Waals surface area contributed by atoms with E-state index in [2.05, 4.69) is 15.3 Å². The molecule has 0 radical (unpaired) electrons. The molecule has 3 rings (SSSR count). The molecule has 27 heavy (non-hydrogen) atoms. The zero-order valence-corrected chi connectivity index (χ0v) is 16.7. The SMILES string of the molecule is CNCC1CSc2nc(-c3cnc(C(C)(C)C)c(F)c3)c(C#N)c(=O)n2C1. The van der Waals surface area contributed by atoms with Gasteiger partial charge in [0, 0.05) is 36.0 Å². The van der Waals surface area contributed by atoms with Crippen LogP contribution in [-0.4, -0.2) is 33.9 Å². The lowest BCUT2D eigenvalue weighted by atomic mass is 9.90. The standard InChI is InChI=1S/C19H22FN5OS/c1-19(2,3)16-14(20)5-12(8-23-16)15-13(6-21)17(26)25-9-11(7-22-4)10-27-18(25)24-15/h5,8,11,22H,7,9-10H2,1-4H3. The topological polar surface area (TPSA) is 83.6 Å². The first-order valence-corrected chi connectivity index (χ1v) is 9.73. The Balaban J connectivity index is 2.11. The maximum absolute atomic E-state index is 14.6. The van der Waals surface area contributed by atoms with Crippen LogP contribution in [0.3, 0.4) is 0 Å². The van der Waals surface area contributed by atoms with E-state index in [1.165, 1.54) is 24.0 Å². The normalized spacial score (nSPS) is 16.7. The molecule has 2 aromatic rings. The van der Waals surface area contributed by atoms with Crippen molar-refractivity contribution in [1.82, 2.24) is 19.9 Å². The van der Waals surface area contributed by atoms with Gasteiger partial charge in [0.2, 0.25) is 0 Å². The van der Waals surface area contributed by atoms with Crippen LogP contribution in [0.4, 0.5) is 4.39 Å². The molecule has 0 aliphatic carbocycles. The van der Waals surface area contributed by atoms with Gasteiger partial charge in [-0.05, 0) is 19.0 Å². The van der Waals surface area contributed by atoms with Crippen molar-refractivity contribution in [1.29, 1.82) is 5.26 Å². The highest BCUT2D eigenvalue weighted by atomic mass is 32.2. The average molecular weight is 387 g/mol. The van der Waals surface area contributed by atoms with Crippen molar-refractivity contribution >= 4 is 11.8 Å². The van der Waals surface area contributed by atoms with Crippen LogP contribution in [0.2, 0.25) is 0 Å². The number of thioether (sulfide) groups is 1. The van der Waals surface area contributed by atoms with E-state index >= 15 is 0 Å². The van der Waals surface area contributed by atoms with E-state index in [0.717, 1.165) is 12.3 Å². The lowest BCUT2D eigenvalue weighted by molar-refractivity contribution is 0.419. The van der Waals surface area contributed by atoms with Gasteiger partial charge in [0.05, 0.1) is 11.4 Å². The maximum atomic E-state index is 14.6. The fraction of sp³-hybridized carbons (Fsp3) is 0.474. The molecule has 0 fully saturated rings. The van der Waals surface area contributed by atoms with E-state index in [4.69, 9.17) is 0 Å². The second-order valence-electron chi connectivity index (χ2n) is 7.68. The molecule has 1 atom stereocenters. The Labute approximate surface area is 161 Å². The Morgan fingerprint density at radius 1 is 1.48 bits per heavy atom. The van der Waals surface area contributed by atoms with Gasteiger partial charge in [-0.25, -0.2) is 9.37 Å². The van der Waals surface area contributed by atoms with Gasteiger partial charge in [-0.3, -0.25) is 14.3 Å². The van der Waals surface area contributed by atoms with Crippen LogP contribution >= 0.6 is 11.8 Å². The molecule has 1 unspecified atom stereocenters. The van der Waals surface area contributed by atoms with Gasteiger partial charge in [-0.15, -0.1) is 0 Å². The Kier molecular flexibility index (Phi) is 5.36. The highest BCUT2D eigenvalue weighted by Crippen LogP contribution is 2.30. The molecular weight excluding hydrogens is 365 g/mol. The summed E-state index contributed by atoms with van der Waals surface area (Å²) in [4.78, 5) is 21.6. The third-order valence-electron chi connectivity index (χ3n) is 4.45. The summed E-state index contributed by atoms with van der Waals surface area (Å²) in [5.41, 5.74) is -0.0264. The molecular formula is C19H22FN5OS. The zero-order valence-electron chi connectivity index (χ0n) is 15.8. The highest BCUT2D eigenvalue weighted by molar-refractivity contribution is 7.99. The predicted molar refractivity (Wildman–Crippen MR) is 103 cm³/mol. The first kappa shape index (κ1) is 19.5. The van der Waals surface area contributed by atoms with Crippen LogP contribution in [0.25, 0.3) is 11.3 Å². The molecule has 1 aliphatic rings. The molecule has 0 aromatic carbocycles. The molecule has 0 spiro atoms. The second kappa shape index (κ2) is 7.41. The van der Waals surface area contributed by atoms with Gasteiger partial charge in [0.1, 0.15) is 17.4 Å². The average Bonchev–Trinajstić information content (AvgIpc) is 2.61. The summed E-state index contributed by atoms with van der Waals surface area (Å²) in [6, 6.07) is 3.26. The van der Waals surface area contributed by atoms with Crippen molar-refractivity contribution in [3.8, 4) is 17.3 Å². The Bertz CT molecular complexity index is 974. The van der Waals surface area contributed by atoms with Crippen LogP contribution in [-0.2, 0) is 12.0 Å². The first-order chi connectivity index (χ1) is 12.8. The van der Waals surface area contributed by atoms with Crippen molar-refractivity contribution < 1.29 is 4.39 Å². The van der Waals surface area contributed by atoms with Crippen molar-refractivity contribution in [2.75, 3.05) is 19.3 Å². The summed E-state index contributed by atoms with van der Waals surface area (Å²) in [5, 5.41) is 13.2. The first-order valence-electron chi connectivity index (χ1n) is 8.75. The van der Waals surface area contributed by atoms with Crippen LogP contribution in [0.15, 0.2) is 22.2 Å². The number of nitriles is 1. The molecule has 6 nitrogen and oxygen atoms in total. The fourth-order valence-electron chi connectivity index (χ4n) is 3.15. The molecule has 142 valence electrons. The van der Waals surface area contributed by atoms with E-state index in [0.29, 0.717) is 23.0 Å². The van der Waals surface area contributed by atoms with Crippen LogP contribution in [0.5, 0.6) is 0 Å². The van der Waals surface area contributed by atoms with Gasteiger partial charge in [-0.2, -0.15) is 5.26 Å². The minimum absolute atomic E-state index is 0.0748. The molecule has 1 N–H and O–H groups in total. The van der Waals surface area contributed by atoms with E-state index < -0.39 is 11.2 Å². The molecule has 0 bridgehead atoms. The Morgan fingerprint density at radius 2 is 2.22 bits per heavy atom. The third-order valence-corrected chi connectivity index (χ3v) is 5.66. The summed E-state index contributed by atoms with van der Waals surface area (Å²) in [5.74, 6) is 0.647. The molecule has 1 aliphatic heterocycles. The molecule has 8 heteroatoms. The predicted octanol–water partition coefficient (Wildman–Crippen LogP) is 2.55. The lowest BCUT2D eigenvalue weighted by Crippen LogP contribution is -2.36. The Hall–Kier alpha value is -2.24. The molecule has 0 amide bonds. The number of nitrogens with zero attached hydrogens (tertiary/aromatic N) is 4. The number of hydrogen-bond donors (Lipinski definition) is 1. The minimum atomic E-state index is -0.467. The zero-order chi connectivity index (χ0) is 19.8. The van der Waals surface area contributed by atoms with E-state index in [9.17, 15) is 14.4 Å². The van der Waals surface area contributed by atoms with Crippen LogP contribution in [0.1, 0.15) is 32.0 Å². The minimum Gasteiger partial charge on any atom is -0.319 e. The van der Waals surface area contributed by atoms with E-state index in [-0.39, 0.29) is 22.7 Å². The third kappa shape index (κ3) is 3.75. The van der Waals surface area contributed by atoms with E-state index in [1.807, 2.05) is 33.9 Å². The Morgan fingerprint density at radius 3 is 2.81 bits per heavy atom.